The number of rotatable bonds is 6. The van der Waals surface area contributed by atoms with Crippen LogP contribution in [-0.4, -0.2) is 12.2 Å². The summed E-state index contributed by atoms with van der Waals surface area (Å²) >= 11 is 0. The maximum absolute atomic E-state index is 5.98. The van der Waals surface area contributed by atoms with Crippen molar-refractivity contribution in [3.63, 3.8) is 0 Å². The Morgan fingerprint density at radius 3 is 1.33 bits per heavy atom. The predicted molar refractivity (Wildman–Crippen MR) is 68.0 cm³/mol. The van der Waals surface area contributed by atoms with Gasteiger partial charge < -0.3 is 4.74 Å². The van der Waals surface area contributed by atoms with E-state index in [0.717, 1.165) is 0 Å². The van der Waals surface area contributed by atoms with Crippen LogP contribution in [0.5, 0.6) is 0 Å². The Labute approximate surface area is 95.2 Å². The van der Waals surface area contributed by atoms with E-state index in [9.17, 15) is 0 Å². The third kappa shape index (κ3) is 5.78. The van der Waals surface area contributed by atoms with E-state index in [1.807, 2.05) is 0 Å². The molecule has 15 heavy (non-hydrogen) atoms. The fourth-order valence-corrected chi connectivity index (χ4v) is 1.51. The average Bonchev–Trinajstić information content (AvgIpc) is 2.18. The second-order valence-corrected chi connectivity index (χ2v) is 4.32. The summed E-state index contributed by atoms with van der Waals surface area (Å²) in [5.74, 6) is 0.963. The van der Waals surface area contributed by atoms with Gasteiger partial charge in [0, 0.05) is 0 Å². The maximum atomic E-state index is 5.98. The minimum absolute atomic E-state index is 0.281. The van der Waals surface area contributed by atoms with Crippen molar-refractivity contribution in [2.75, 3.05) is 0 Å². The highest BCUT2D eigenvalue weighted by molar-refractivity contribution is 4.89. The first-order valence-corrected chi connectivity index (χ1v) is 5.94. The Morgan fingerprint density at radius 2 is 1.07 bits per heavy atom. The van der Waals surface area contributed by atoms with Gasteiger partial charge in [-0.05, 0) is 39.5 Å². The molecule has 4 atom stereocenters. The zero-order chi connectivity index (χ0) is 11.8. The van der Waals surface area contributed by atoms with Crippen molar-refractivity contribution >= 4 is 0 Å². The molecule has 0 heterocycles. The van der Waals surface area contributed by atoms with Crippen LogP contribution in [-0.2, 0) is 4.74 Å². The van der Waals surface area contributed by atoms with E-state index in [0.29, 0.717) is 11.8 Å². The molecule has 0 rings (SSSR count). The van der Waals surface area contributed by atoms with Crippen molar-refractivity contribution in [1.82, 2.24) is 0 Å². The van der Waals surface area contributed by atoms with Crippen molar-refractivity contribution in [1.29, 1.82) is 0 Å². The normalized spacial score (nSPS) is 20.7. The molecule has 0 spiro atoms. The number of ether oxygens (including phenoxy) is 1. The SMILES string of the molecule is CC=CC(C)C(C)OC(C)C(C)C=CC. The van der Waals surface area contributed by atoms with Crippen LogP contribution < -0.4 is 0 Å². The second kappa shape index (κ2) is 7.70. The minimum Gasteiger partial charge on any atom is -0.374 e. The van der Waals surface area contributed by atoms with Crippen LogP contribution in [0.3, 0.4) is 0 Å². The standard InChI is InChI=1S/C14H26O/c1-7-9-11(3)13(5)15-14(6)12(4)10-8-2/h7-14H,1-6H3. The monoisotopic (exact) mass is 210 g/mol. The predicted octanol–water partition coefficient (Wildman–Crippen LogP) is 4.20. The third-order valence-electron chi connectivity index (χ3n) is 2.90. The summed E-state index contributed by atoms with van der Waals surface area (Å²) in [7, 11) is 0. The quantitative estimate of drug-likeness (QED) is 0.597. The van der Waals surface area contributed by atoms with E-state index in [4.69, 9.17) is 4.74 Å². The van der Waals surface area contributed by atoms with Crippen molar-refractivity contribution in [2.24, 2.45) is 11.8 Å². The summed E-state index contributed by atoms with van der Waals surface area (Å²) in [5, 5.41) is 0. The molecule has 4 unspecified atom stereocenters. The molecule has 0 aliphatic carbocycles. The number of hydrogen-bond donors (Lipinski definition) is 0. The summed E-state index contributed by atoms with van der Waals surface area (Å²) in [6.45, 7) is 12.8. The first-order chi connectivity index (χ1) is 7.02. The smallest absolute Gasteiger partial charge is 0.0610 e. The molecule has 0 bridgehead atoms. The highest BCUT2D eigenvalue weighted by Gasteiger charge is 2.16. The molecule has 0 fully saturated rings. The molecule has 0 N–H and O–H groups in total. The van der Waals surface area contributed by atoms with Gasteiger partial charge in [-0.15, -0.1) is 0 Å². The van der Waals surface area contributed by atoms with Gasteiger partial charge in [0.25, 0.3) is 0 Å². The zero-order valence-corrected chi connectivity index (χ0v) is 11.0. The Bertz CT molecular complexity index is 183. The van der Waals surface area contributed by atoms with Crippen LogP contribution in [0.25, 0.3) is 0 Å². The van der Waals surface area contributed by atoms with E-state index in [2.05, 4.69) is 65.8 Å². The van der Waals surface area contributed by atoms with Gasteiger partial charge in [0.15, 0.2) is 0 Å². The first-order valence-electron chi connectivity index (χ1n) is 5.94. The lowest BCUT2D eigenvalue weighted by molar-refractivity contribution is -0.0263. The summed E-state index contributed by atoms with van der Waals surface area (Å²) in [6, 6.07) is 0. The van der Waals surface area contributed by atoms with Crippen molar-refractivity contribution < 1.29 is 4.74 Å². The van der Waals surface area contributed by atoms with Crippen molar-refractivity contribution in [3.8, 4) is 0 Å². The van der Waals surface area contributed by atoms with Gasteiger partial charge in [-0.1, -0.05) is 38.2 Å². The highest BCUT2D eigenvalue weighted by Crippen LogP contribution is 2.16. The minimum atomic E-state index is 0.281. The van der Waals surface area contributed by atoms with Gasteiger partial charge in [0.2, 0.25) is 0 Å². The van der Waals surface area contributed by atoms with Crippen LogP contribution in [0.2, 0.25) is 0 Å². The van der Waals surface area contributed by atoms with Crippen molar-refractivity contribution in [3.05, 3.63) is 24.3 Å². The second-order valence-electron chi connectivity index (χ2n) is 4.32. The van der Waals surface area contributed by atoms with Crippen LogP contribution in [0.15, 0.2) is 24.3 Å². The van der Waals surface area contributed by atoms with Gasteiger partial charge in [-0.3, -0.25) is 0 Å². The van der Waals surface area contributed by atoms with Gasteiger partial charge in [-0.2, -0.15) is 0 Å². The topological polar surface area (TPSA) is 9.23 Å². The van der Waals surface area contributed by atoms with E-state index >= 15 is 0 Å². The maximum Gasteiger partial charge on any atom is 0.0610 e. The molecule has 0 saturated heterocycles. The van der Waals surface area contributed by atoms with Crippen LogP contribution in [0.1, 0.15) is 41.5 Å². The molecule has 0 aromatic rings. The molecule has 1 nitrogen and oxygen atoms in total. The van der Waals surface area contributed by atoms with E-state index in [1.165, 1.54) is 0 Å². The Morgan fingerprint density at radius 1 is 0.733 bits per heavy atom. The molecule has 0 saturated carbocycles. The Kier molecular flexibility index (Phi) is 7.41. The van der Waals surface area contributed by atoms with Crippen molar-refractivity contribution in [2.45, 2.75) is 53.8 Å². The van der Waals surface area contributed by atoms with Gasteiger partial charge >= 0.3 is 0 Å². The lowest BCUT2D eigenvalue weighted by atomic mass is 10.0. The largest absolute Gasteiger partial charge is 0.374 e. The fraction of sp³-hybridized carbons (Fsp3) is 0.714. The molecule has 0 radical (unpaired) electrons. The van der Waals surface area contributed by atoms with E-state index in [1.54, 1.807) is 0 Å². The van der Waals surface area contributed by atoms with E-state index < -0.39 is 0 Å². The van der Waals surface area contributed by atoms with Gasteiger partial charge in [0.1, 0.15) is 0 Å². The highest BCUT2D eigenvalue weighted by atomic mass is 16.5. The Hall–Kier alpha value is -0.560. The molecule has 88 valence electrons. The van der Waals surface area contributed by atoms with Gasteiger partial charge in [0.05, 0.1) is 12.2 Å². The van der Waals surface area contributed by atoms with Crippen LogP contribution >= 0.6 is 0 Å². The van der Waals surface area contributed by atoms with Crippen LogP contribution in [0, 0.1) is 11.8 Å². The molecule has 0 aromatic carbocycles. The summed E-state index contributed by atoms with van der Waals surface area (Å²) in [6.07, 6.45) is 9.12. The van der Waals surface area contributed by atoms with E-state index in [-0.39, 0.29) is 12.2 Å². The molecule has 1 heteroatoms. The third-order valence-corrected chi connectivity index (χ3v) is 2.90. The summed E-state index contributed by atoms with van der Waals surface area (Å²) in [4.78, 5) is 0. The molecular weight excluding hydrogens is 184 g/mol. The molecule has 0 aliphatic heterocycles. The fourth-order valence-electron chi connectivity index (χ4n) is 1.51. The summed E-state index contributed by atoms with van der Waals surface area (Å²) in [5.41, 5.74) is 0. The Balaban J connectivity index is 4.10. The number of allylic oxidation sites excluding steroid dienone is 2. The number of hydrogen-bond acceptors (Lipinski definition) is 1. The lowest BCUT2D eigenvalue weighted by Gasteiger charge is -2.25. The zero-order valence-electron chi connectivity index (χ0n) is 11.0. The van der Waals surface area contributed by atoms with Crippen LogP contribution in [0.4, 0.5) is 0 Å². The first kappa shape index (κ1) is 14.4. The van der Waals surface area contributed by atoms with Gasteiger partial charge in [-0.25, -0.2) is 0 Å². The molecule has 0 aliphatic rings. The lowest BCUT2D eigenvalue weighted by Crippen LogP contribution is -2.26. The molecule has 0 amide bonds. The average molecular weight is 210 g/mol. The summed E-state index contributed by atoms with van der Waals surface area (Å²) < 4.78 is 5.98. The molecule has 0 aromatic heterocycles. The molecular formula is C14H26O.